The van der Waals surface area contributed by atoms with Crippen LogP contribution in [-0.2, 0) is 4.57 Å². The molecule has 0 amide bonds. The molecule has 0 aromatic carbocycles. The van der Waals surface area contributed by atoms with Gasteiger partial charge in [0.25, 0.3) is 0 Å². The van der Waals surface area contributed by atoms with Crippen LogP contribution in [0.5, 0.6) is 0 Å². The van der Waals surface area contributed by atoms with Crippen molar-refractivity contribution >= 4 is 19.5 Å². The van der Waals surface area contributed by atoms with Crippen molar-refractivity contribution in [3.8, 4) is 0 Å². The molecule has 0 aromatic rings. The van der Waals surface area contributed by atoms with Crippen LogP contribution in [0.2, 0.25) is 0 Å². The minimum Gasteiger partial charge on any atom is -0.323 e. The summed E-state index contributed by atoms with van der Waals surface area (Å²) in [5.74, 6) is 0. The Morgan fingerprint density at radius 1 is 1.17 bits per heavy atom. The highest BCUT2D eigenvalue weighted by atomic mass is 35.5. The summed E-state index contributed by atoms with van der Waals surface area (Å²) in [6.07, 6.45) is 1.77. The van der Waals surface area contributed by atoms with Gasteiger partial charge in [-0.25, -0.2) is 0 Å². The van der Waals surface area contributed by atoms with Crippen LogP contribution in [0.4, 0.5) is 0 Å². The highest BCUT2D eigenvalue weighted by Crippen LogP contribution is 2.57. The highest BCUT2D eigenvalue weighted by Gasteiger charge is 2.36. The fraction of sp³-hybridized carbons (Fsp3) is 1.00. The Morgan fingerprint density at radius 2 is 1.58 bits per heavy atom. The van der Waals surface area contributed by atoms with Crippen molar-refractivity contribution in [1.82, 2.24) is 5.32 Å². The van der Waals surface area contributed by atoms with Crippen LogP contribution in [0.1, 0.15) is 20.8 Å². The lowest BCUT2D eigenvalue weighted by Gasteiger charge is -2.34. The number of halogens is 1. The SMILES string of the molecule is CC(C)(C)P1(=O)CCNCC1.Cl. The maximum Gasteiger partial charge on any atom is 0.0952 e. The second-order valence-corrected chi connectivity index (χ2v) is 8.27. The average molecular weight is 212 g/mol. The lowest BCUT2D eigenvalue weighted by molar-refractivity contribution is 0.534. The molecule has 0 unspecified atom stereocenters. The summed E-state index contributed by atoms with van der Waals surface area (Å²) in [6, 6.07) is 0. The molecule has 0 spiro atoms. The van der Waals surface area contributed by atoms with Gasteiger partial charge in [-0.05, 0) is 0 Å². The zero-order valence-corrected chi connectivity index (χ0v) is 9.80. The number of hydrogen-bond acceptors (Lipinski definition) is 2. The lowest BCUT2D eigenvalue weighted by atomic mass is 10.3. The van der Waals surface area contributed by atoms with E-state index in [9.17, 15) is 4.57 Å². The summed E-state index contributed by atoms with van der Waals surface area (Å²) in [6.45, 7) is 8.17. The molecule has 1 saturated heterocycles. The summed E-state index contributed by atoms with van der Waals surface area (Å²) >= 11 is 0. The highest BCUT2D eigenvalue weighted by molar-refractivity contribution is 7.65. The van der Waals surface area contributed by atoms with Crippen molar-refractivity contribution in [2.75, 3.05) is 25.4 Å². The van der Waals surface area contributed by atoms with E-state index >= 15 is 0 Å². The molecule has 1 heterocycles. The Hall–Kier alpha value is 0.480. The third-order valence-electron chi connectivity index (χ3n) is 2.52. The Morgan fingerprint density at radius 3 is 1.83 bits per heavy atom. The van der Waals surface area contributed by atoms with Gasteiger partial charge >= 0.3 is 0 Å². The minimum atomic E-state index is -1.86. The van der Waals surface area contributed by atoms with E-state index in [-0.39, 0.29) is 17.6 Å². The Balaban J connectivity index is 0.00000121. The smallest absolute Gasteiger partial charge is 0.0952 e. The molecule has 1 rings (SSSR count). The van der Waals surface area contributed by atoms with Crippen LogP contribution < -0.4 is 5.32 Å². The molecule has 0 aliphatic carbocycles. The molecule has 0 aromatic heterocycles. The molecule has 1 fully saturated rings. The monoisotopic (exact) mass is 211 g/mol. The van der Waals surface area contributed by atoms with E-state index in [1.807, 2.05) is 0 Å². The molecule has 0 radical (unpaired) electrons. The number of nitrogens with one attached hydrogen (secondary N) is 1. The Kier molecular flexibility index (Phi) is 4.29. The molecule has 0 bridgehead atoms. The topological polar surface area (TPSA) is 29.1 Å². The van der Waals surface area contributed by atoms with Crippen molar-refractivity contribution in [2.24, 2.45) is 0 Å². The van der Waals surface area contributed by atoms with Crippen LogP contribution in [0, 0.1) is 0 Å². The van der Waals surface area contributed by atoms with Crippen LogP contribution in [-0.4, -0.2) is 30.6 Å². The van der Waals surface area contributed by atoms with Gasteiger partial charge in [0.2, 0.25) is 0 Å². The fourth-order valence-corrected chi connectivity index (χ4v) is 4.03. The standard InChI is InChI=1S/C8H18NOP.ClH/c1-8(2,3)11(10)6-4-9-5-7-11;/h9H,4-7H2,1-3H3;1H. The third kappa shape index (κ3) is 2.48. The average Bonchev–Trinajstić information content (AvgIpc) is 1.87. The van der Waals surface area contributed by atoms with Crippen LogP contribution in [0.25, 0.3) is 0 Å². The zero-order valence-electron chi connectivity index (χ0n) is 8.09. The van der Waals surface area contributed by atoms with Gasteiger partial charge in [-0.1, -0.05) is 20.8 Å². The van der Waals surface area contributed by atoms with Gasteiger partial charge in [0, 0.05) is 30.6 Å². The summed E-state index contributed by atoms with van der Waals surface area (Å²) in [5, 5.41) is 3.26. The molecule has 1 N–H and O–H groups in total. The van der Waals surface area contributed by atoms with E-state index in [0.717, 1.165) is 25.4 Å². The number of hydrogen-bond donors (Lipinski definition) is 1. The molecule has 1 aliphatic rings. The normalized spacial score (nSPS) is 22.9. The van der Waals surface area contributed by atoms with Crippen molar-refractivity contribution in [3.05, 3.63) is 0 Å². The van der Waals surface area contributed by atoms with Crippen LogP contribution >= 0.6 is 19.5 Å². The van der Waals surface area contributed by atoms with Gasteiger partial charge in [0.15, 0.2) is 0 Å². The maximum absolute atomic E-state index is 12.2. The van der Waals surface area contributed by atoms with Crippen LogP contribution in [0.3, 0.4) is 0 Å². The van der Waals surface area contributed by atoms with Gasteiger partial charge in [0.05, 0.1) is 7.14 Å². The van der Waals surface area contributed by atoms with E-state index < -0.39 is 7.14 Å². The lowest BCUT2D eigenvalue weighted by Crippen LogP contribution is -2.34. The van der Waals surface area contributed by atoms with Gasteiger partial charge in [-0.2, -0.15) is 0 Å². The molecular weight excluding hydrogens is 193 g/mol. The first-order valence-corrected chi connectivity index (χ1v) is 6.32. The predicted molar refractivity (Wildman–Crippen MR) is 57.2 cm³/mol. The maximum atomic E-state index is 12.2. The minimum absolute atomic E-state index is 0. The predicted octanol–water partition coefficient (Wildman–Crippen LogP) is 2.17. The first kappa shape index (κ1) is 12.5. The second kappa shape index (κ2) is 4.13. The Bertz CT molecular complexity index is 178. The van der Waals surface area contributed by atoms with E-state index in [0.29, 0.717) is 0 Å². The summed E-state index contributed by atoms with van der Waals surface area (Å²) in [5.41, 5.74) is 0. The van der Waals surface area contributed by atoms with Crippen molar-refractivity contribution in [3.63, 3.8) is 0 Å². The molecule has 74 valence electrons. The first-order chi connectivity index (χ1) is 4.96. The molecule has 4 heteroatoms. The molecule has 0 atom stereocenters. The summed E-state index contributed by atoms with van der Waals surface area (Å²) in [4.78, 5) is 0. The summed E-state index contributed by atoms with van der Waals surface area (Å²) < 4.78 is 12.2. The molecule has 0 saturated carbocycles. The second-order valence-electron chi connectivity index (χ2n) is 4.26. The van der Waals surface area contributed by atoms with Gasteiger partial charge in [-0.15, -0.1) is 12.4 Å². The van der Waals surface area contributed by atoms with E-state index in [1.54, 1.807) is 0 Å². The summed E-state index contributed by atoms with van der Waals surface area (Å²) in [7, 11) is -1.86. The van der Waals surface area contributed by atoms with E-state index in [1.165, 1.54) is 0 Å². The molecular formula is C8H19ClNOP. The van der Waals surface area contributed by atoms with E-state index in [2.05, 4.69) is 26.1 Å². The van der Waals surface area contributed by atoms with Crippen molar-refractivity contribution in [2.45, 2.75) is 25.9 Å². The third-order valence-corrected chi connectivity index (χ3v) is 6.86. The quantitative estimate of drug-likeness (QED) is 0.623. The fourth-order valence-electron chi connectivity index (χ4n) is 1.43. The van der Waals surface area contributed by atoms with Gasteiger partial charge in [-0.3, -0.25) is 0 Å². The van der Waals surface area contributed by atoms with Crippen molar-refractivity contribution < 1.29 is 4.57 Å². The Labute approximate surface area is 81.3 Å². The molecule has 2 nitrogen and oxygen atoms in total. The van der Waals surface area contributed by atoms with E-state index in [4.69, 9.17) is 0 Å². The van der Waals surface area contributed by atoms with Crippen molar-refractivity contribution in [1.29, 1.82) is 0 Å². The van der Waals surface area contributed by atoms with Gasteiger partial charge in [0.1, 0.15) is 0 Å². The number of rotatable bonds is 0. The molecule has 1 aliphatic heterocycles. The van der Waals surface area contributed by atoms with Gasteiger partial charge < -0.3 is 9.88 Å². The largest absolute Gasteiger partial charge is 0.323 e. The molecule has 12 heavy (non-hydrogen) atoms. The van der Waals surface area contributed by atoms with Crippen LogP contribution in [0.15, 0.2) is 0 Å². The zero-order chi connectivity index (χ0) is 8.54. The first-order valence-electron chi connectivity index (χ1n) is 4.25.